The molecule has 0 fully saturated rings. The number of nitrogens with one attached hydrogen (secondary N) is 1. The number of rotatable bonds is 9. The van der Waals surface area contributed by atoms with Gasteiger partial charge in [0.05, 0.1) is 24.5 Å². The number of pyridine rings is 1. The van der Waals surface area contributed by atoms with Gasteiger partial charge in [-0.2, -0.15) is 0 Å². The van der Waals surface area contributed by atoms with Crippen LogP contribution < -0.4 is 11.3 Å². The van der Waals surface area contributed by atoms with Gasteiger partial charge in [0.15, 0.2) is 5.82 Å². The molecule has 9 heteroatoms. The average Bonchev–Trinajstić information content (AvgIpc) is 3.40. The lowest BCUT2D eigenvalue weighted by Gasteiger charge is -2.15. The van der Waals surface area contributed by atoms with Crippen molar-refractivity contribution < 1.29 is 9.63 Å². The van der Waals surface area contributed by atoms with E-state index in [0.29, 0.717) is 30.2 Å². The molecule has 2 aromatic carbocycles. The molecule has 0 unspecified atom stereocenters. The topological polar surface area (TPSA) is 127 Å². The van der Waals surface area contributed by atoms with Crippen molar-refractivity contribution in [2.75, 3.05) is 0 Å². The van der Waals surface area contributed by atoms with Crippen LogP contribution in [0.25, 0.3) is 22.5 Å². The molecule has 0 aliphatic heterocycles. The fourth-order valence-corrected chi connectivity index (χ4v) is 4.66. The van der Waals surface area contributed by atoms with Crippen molar-refractivity contribution in [3.63, 3.8) is 0 Å². The van der Waals surface area contributed by atoms with E-state index in [1.807, 2.05) is 67.6 Å². The van der Waals surface area contributed by atoms with Crippen molar-refractivity contribution in [3.05, 3.63) is 122 Å². The molecule has 3 heterocycles. The molecule has 0 aliphatic rings. The van der Waals surface area contributed by atoms with Gasteiger partial charge in [0.2, 0.25) is 0 Å². The number of aryl methyl sites for hydroxylation is 2. The van der Waals surface area contributed by atoms with Crippen LogP contribution in [0, 0.1) is 6.92 Å². The van der Waals surface area contributed by atoms with Gasteiger partial charge in [0, 0.05) is 23.7 Å². The average molecular weight is 524 g/mol. The Hall–Kier alpha value is -4.63. The van der Waals surface area contributed by atoms with Gasteiger partial charge in [0.1, 0.15) is 5.82 Å². The van der Waals surface area contributed by atoms with Crippen molar-refractivity contribution in [2.45, 2.75) is 46.3 Å². The SMILES string of the molecule is CCCc1nc(C)n(Cc2ccc(CO)cn2)c(=O)c1Cc1ccc(-c2ccccc2-c2noc(=O)[nH]2)cc1. The largest absolute Gasteiger partial charge is 0.439 e. The van der Waals surface area contributed by atoms with E-state index in [1.54, 1.807) is 10.8 Å². The number of H-pyrrole nitrogens is 1. The zero-order valence-electron chi connectivity index (χ0n) is 21.8. The van der Waals surface area contributed by atoms with Crippen LogP contribution in [0.4, 0.5) is 0 Å². The standard InChI is InChI=1S/C30H29N5O4/c1-3-6-27-26(29(37)35(19(2)32-27)17-23-14-11-21(18-36)16-31-23)15-20-9-12-22(13-10-20)24-7-4-5-8-25(24)28-33-30(38)39-34-28/h4-5,7-14,16,36H,3,6,15,17-18H2,1-2H3,(H,33,34,38). The molecule has 5 rings (SSSR count). The molecule has 0 saturated carbocycles. The first kappa shape index (κ1) is 26.0. The molecule has 5 aromatic rings. The molecule has 9 nitrogen and oxygen atoms in total. The van der Waals surface area contributed by atoms with Crippen LogP contribution in [0.1, 0.15) is 47.2 Å². The van der Waals surface area contributed by atoms with Gasteiger partial charge < -0.3 is 5.11 Å². The van der Waals surface area contributed by atoms with Gasteiger partial charge in [-0.3, -0.25) is 23.9 Å². The summed E-state index contributed by atoms with van der Waals surface area (Å²) in [6.45, 7) is 4.16. The summed E-state index contributed by atoms with van der Waals surface area (Å²) in [5, 5.41) is 13.1. The lowest BCUT2D eigenvalue weighted by Crippen LogP contribution is -2.30. The summed E-state index contributed by atoms with van der Waals surface area (Å²) in [5.74, 6) is 0.419. The van der Waals surface area contributed by atoms with E-state index < -0.39 is 5.76 Å². The van der Waals surface area contributed by atoms with E-state index in [1.165, 1.54) is 0 Å². The Balaban J connectivity index is 1.46. The molecule has 2 N–H and O–H groups in total. The molecule has 0 saturated heterocycles. The number of nitrogens with zero attached hydrogens (tertiary/aromatic N) is 4. The second-order valence-electron chi connectivity index (χ2n) is 9.40. The van der Waals surface area contributed by atoms with Crippen molar-refractivity contribution in [3.8, 4) is 22.5 Å². The normalized spacial score (nSPS) is 11.2. The maximum absolute atomic E-state index is 13.7. The van der Waals surface area contributed by atoms with Gasteiger partial charge in [-0.25, -0.2) is 9.78 Å². The van der Waals surface area contributed by atoms with E-state index >= 15 is 0 Å². The third kappa shape index (κ3) is 5.63. The van der Waals surface area contributed by atoms with Crippen LogP contribution in [0.2, 0.25) is 0 Å². The van der Waals surface area contributed by atoms with Crippen molar-refractivity contribution >= 4 is 0 Å². The van der Waals surface area contributed by atoms with Crippen LogP contribution in [-0.4, -0.2) is 29.8 Å². The highest BCUT2D eigenvalue weighted by atomic mass is 16.5. The molecule has 198 valence electrons. The molecule has 3 aromatic heterocycles. The Labute approximate surface area is 224 Å². The van der Waals surface area contributed by atoms with Gasteiger partial charge in [-0.05, 0) is 41.7 Å². The zero-order valence-corrected chi connectivity index (χ0v) is 21.8. The minimum Gasteiger partial charge on any atom is -0.392 e. The van der Waals surface area contributed by atoms with E-state index in [4.69, 9.17) is 9.51 Å². The van der Waals surface area contributed by atoms with E-state index in [0.717, 1.165) is 52.0 Å². The maximum Gasteiger partial charge on any atom is 0.439 e. The highest BCUT2D eigenvalue weighted by Crippen LogP contribution is 2.30. The fraction of sp³-hybridized carbons (Fsp3) is 0.233. The summed E-state index contributed by atoms with van der Waals surface area (Å²) in [6.07, 6.45) is 3.68. The lowest BCUT2D eigenvalue weighted by atomic mass is 9.96. The van der Waals surface area contributed by atoms with Crippen molar-refractivity contribution in [1.82, 2.24) is 24.7 Å². The van der Waals surface area contributed by atoms with Crippen molar-refractivity contribution in [2.24, 2.45) is 0 Å². The molecule has 0 aliphatic carbocycles. The molecule has 39 heavy (non-hydrogen) atoms. The van der Waals surface area contributed by atoms with Crippen LogP contribution in [0.5, 0.6) is 0 Å². The minimum absolute atomic E-state index is 0.0663. The second kappa shape index (κ2) is 11.4. The number of aliphatic hydroxyl groups excluding tert-OH is 1. The fourth-order valence-electron chi connectivity index (χ4n) is 4.66. The number of aromatic amines is 1. The summed E-state index contributed by atoms with van der Waals surface area (Å²) >= 11 is 0. The first-order valence-corrected chi connectivity index (χ1v) is 12.9. The van der Waals surface area contributed by atoms with Gasteiger partial charge in [-0.15, -0.1) is 0 Å². The number of aliphatic hydroxyl groups is 1. The second-order valence-corrected chi connectivity index (χ2v) is 9.40. The van der Waals surface area contributed by atoms with E-state index in [9.17, 15) is 14.7 Å². The first-order chi connectivity index (χ1) is 19.0. The highest BCUT2D eigenvalue weighted by Gasteiger charge is 2.16. The van der Waals surface area contributed by atoms with Gasteiger partial charge in [0.25, 0.3) is 5.56 Å². The van der Waals surface area contributed by atoms with Crippen LogP contribution in [0.3, 0.4) is 0 Å². The predicted octanol–water partition coefficient (Wildman–Crippen LogP) is 4.04. The molecule has 0 amide bonds. The summed E-state index contributed by atoms with van der Waals surface area (Å²) in [4.78, 5) is 37.0. The van der Waals surface area contributed by atoms with Crippen LogP contribution in [-0.2, 0) is 26.0 Å². The third-order valence-corrected chi connectivity index (χ3v) is 6.68. The van der Waals surface area contributed by atoms with Gasteiger partial charge in [-0.1, -0.05) is 73.1 Å². The van der Waals surface area contributed by atoms with Crippen LogP contribution >= 0.6 is 0 Å². The van der Waals surface area contributed by atoms with Crippen molar-refractivity contribution in [1.29, 1.82) is 0 Å². The Morgan fingerprint density at radius 1 is 0.974 bits per heavy atom. The molecular weight excluding hydrogens is 494 g/mol. The van der Waals surface area contributed by atoms with E-state index in [2.05, 4.69) is 22.0 Å². The van der Waals surface area contributed by atoms with Gasteiger partial charge >= 0.3 is 5.76 Å². The molecular formula is C30H29N5O4. The Morgan fingerprint density at radius 3 is 2.36 bits per heavy atom. The smallest absolute Gasteiger partial charge is 0.392 e. The molecule has 0 spiro atoms. The quantitative estimate of drug-likeness (QED) is 0.298. The Kier molecular flexibility index (Phi) is 7.60. The summed E-state index contributed by atoms with van der Waals surface area (Å²) in [6, 6.07) is 19.3. The monoisotopic (exact) mass is 523 g/mol. The number of hydrogen-bond donors (Lipinski definition) is 2. The molecule has 0 radical (unpaired) electrons. The number of benzene rings is 2. The predicted molar refractivity (Wildman–Crippen MR) is 147 cm³/mol. The minimum atomic E-state index is -0.603. The Bertz CT molecular complexity index is 1700. The zero-order chi connectivity index (χ0) is 27.4. The first-order valence-electron chi connectivity index (χ1n) is 12.9. The number of aromatic nitrogens is 5. The summed E-state index contributed by atoms with van der Waals surface area (Å²) in [7, 11) is 0. The summed E-state index contributed by atoms with van der Waals surface area (Å²) < 4.78 is 6.36. The maximum atomic E-state index is 13.7. The molecule has 0 atom stereocenters. The highest BCUT2D eigenvalue weighted by molar-refractivity contribution is 5.80. The molecule has 0 bridgehead atoms. The number of hydrogen-bond acceptors (Lipinski definition) is 7. The summed E-state index contributed by atoms with van der Waals surface area (Å²) in [5.41, 5.74) is 6.49. The Morgan fingerprint density at radius 2 is 1.72 bits per heavy atom. The van der Waals surface area contributed by atoms with Crippen LogP contribution in [0.15, 0.2) is 81.0 Å². The third-order valence-electron chi connectivity index (χ3n) is 6.68. The van der Waals surface area contributed by atoms with E-state index in [-0.39, 0.29) is 12.2 Å². The lowest BCUT2D eigenvalue weighted by molar-refractivity contribution is 0.281.